The second-order valence-corrected chi connectivity index (χ2v) is 5.97. The molecule has 1 aliphatic heterocycles. The number of fused-ring (bicyclic) bond motifs is 3. The standard InChI is InChI=1S/C18H13F2N3O2/c1-2-9-3-6-13(21-7-9)22-18(24)23-16-10-8-25-17-12(20)5-4-11(19)15(17)14(10)16/h1,3-7,10,14,16H,8H2,(H2,21,22,23,24)/t10-,14-,16-/m1/s1. The predicted molar refractivity (Wildman–Crippen MR) is 86.2 cm³/mol. The molecular weight excluding hydrogens is 328 g/mol. The van der Waals surface area contributed by atoms with E-state index < -0.39 is 17.7 Å². The number of amides is 2. The number of terminal acetylenes is 1. The molecule has 3 atom stereocenters. The summed E-state index contributed by atoms with van der Waals surface area (Å²) < 4.78 is 33.2. The maximum absolute atomic E-state index is 14.1. The van der Waals surface area contributed by atoms with Gasteiger partial charge in [-0.2, -0.15) is 0 Å². The number of nitrogens with one attached hydrogen (secondary N) is 2. The number of hydrogen-bond acceptors (Lipinski definition) is 3. The van der Waals surface area contributed by atoms with E-state index in [-0.39, 0.29) is 35.8 Å². The Morgan fingerprint density at radius 2 is 2.08 bits per heavy atom. The summed E-state index contributed by atoms with van der Waals surface area (Å²) in [4.78, 5) is 16.1. The minimum Gasteiger partial charge on any atom is -0.490 e. The van der Waals surface area contributed by atoms with Crippen LogP contribution in [-0.4, -0.2) is 23.7 Å². The van der Waals surface area contributed by atoms with Crippen molar-refractivity contribution in [3.8, 4) is 18.1 Å². The lowest BCUT2D eigenvalue weighted by Gasteiger charge is -2.16. The number of carbonyl (C=O) groups excluding carboxylic acids is 1. The Bertz CT molecular complexity index is 892. The Hall–Kier alpha value is -3.14. The second-order valence-electron chi connectivity index (χ2n) is 5.97. The Balaban J connectivity index is 1.45. The van der Waals surface area contributed by atoms with Crippen molar-refractivity contribution in [2.75, 3.05) is 11.9 Å². The fraction of sp³-hybridized carbons (Fsp3) is 0.222. The van der Waals surface area contributed by atoms with Crippen molar-refractivity contribution in [1.82, 2.24) is 10.3 Å². The zero-order chi connectivity index (χ0) is 17.6. The minimum atomic E-state index is -0.595. The molecule has 126 valence electrons. The average Bonchev–Trinajstić information content (AvgIpc) is 3.31. The van der Waals surface area contributed by atoms with Gasteiger partial charge < -0.3 is 10.1 Å². The van der Waals surface area contributed by atoms with Gasteiger partial charge in [-0.15, -0.1) is 6.42 Å². The molecule has 7 heteroatoms. The number of ether oxygens (including phenoxy) is 1. The summed E-state index contributed by atoms with van der Waals surface area (Å²) in [6.45, 7) is 0.234. The largest absolute Gasteiger partial charge is 0.490 e. The fourth-order valence-electron chi connectivity index (χ4n) is 3.21. The highest BCUT2D eigenvalue weighted by atomic mass is 19.1. The SMILES string of the molecule is C#Cc1ccc(NC(=O)N[C@@H]2[C@@H]3COc4c(F)ccc(F)c4[C@@H]32)nc1. The van der Waals surface area contributed by atoms with E-state index in [1.54, 1.807) is 12.1 Å². The highest BCUT2D eigenvalue weighted by molar-refractivity contribution is 5.89. The maximum atomic E-state index is 14.1. The van der Waals surface area contributed by atoms with E-state index in [0.717, 1.165) is 12.1 Å². The van der Waals surface area contributed by atoms with Crippen molar-refractivity contribution in [3.63, 3.8) is 0 Å². The van der Waals surface area contributed by atoms with Gasteiger partial charge in [0.15, 0.2) is 11.6 Å². The van der Waals surface area contributed by atoms with Gasteiger partial charge in [-0.25, -0.2) is 18.6 Å². The second kappa shape index (κ2) is 5.74. The monoisotopic (exact) mass is 341 g/mol. The van der Waals surface area contributed by atoms with Gasteiger partial charge in [0.05, 0.1) is 6.61 Å². The summed E-state index contributed by atoms with van der Waals surface area (Å²) in [7, 11) is 0. The summed E-state index contributed by atoms with van der Waals surface area (Å²) in [5.74, 6) is 1.23. The van der Waals surface area contributed by atoms with Crippen LogP contribution in [-0.2, 0) is 0 Å². The van der Waals surface area contributed by atoms with Crippen LogP contribution in [0.5, 0.6) is 5.75 Å². The smallest absolute Gasteiger partial charge is 0.320 e. The number of benzene rings is 1. The Morgan fingerprint density at radius 1 is 1.28 bits per heavy atom. The van der Waals surface area contributed by atoms with Crippen molar-refractivity contribution in [2.24, 2.45) is 5.92 Å². The van der Waals surface area contributed by atoms with Gasteiger partial charge >= 0.3 is 6.03 Å². The fourth-order valence-corrected chi connectivity index (χ4v) is 3.21. The van der Waals surface area contributed by atoms with Crippen molar-refractivity contribution in [3.05, 3.63) is 53.2 Å². The van der Waals surface area contributed by atoms with Crippen molar-refractivity contribution < 1.29 is 18.3 Å². The van der Waals surface area contributed by atoms with E-state index in [1.807, 2.05) is 0 Å². The molecule has 2 N–H and O–H groups in total. The van der Waals surface area contributed by atoms with Crippen LogP contribution in [0.1, 0.15) is 17.0 Å². The Kier molecular flexibility index (Phi) is 3.53. The molecule has 0 spiro atoms. The molecule has 0 bridgehead atoms. The normalized spacial score (nSPS) is 22.7. The third-order valence-electron chi connectivity index (χ3n) is 4.49. The molecule has 1 saturated carbocycles. The van der Waals surface area contributed by atoms with Crippen LogP contribution in [0.2, 0.25) is 0 Å². The number of anilines is 1. The molecule has 2 aliphatic rings. The maximum Gasteiger partial charge on any atom is 0.320 e. The van der Waals surface area contributed by atoms with Crippen LogP contribution in [0.4, 0.5) is 19.4 Å². The van der Waals surface area contributed by atoms with Crippen LogP contribution in [0.3, 0.4) is 0 Å². The first kappa shape index (κ1) is 15.4. The number of aromatic nitrogens is 1. The predicted octanol–water partition coefficient (Wildman–Crippen LogP) is 2.64. The number of halogens is 2. The molecule has 4 rings (SSSR count). The van der Waals surface area contributed by atoms with E-state index in [1.165, 1.54) is 6.20 Å². The first-order valence-corrected chi connectivity index (χ1v) is 7.69. The molecule has 0 unspecified atom stereocenters. The Morgan fingerprint density at radius 3 is 2.80 bits per heavy atom. The highest BCUT2D eigenvalue weighted by Gasteiger charge is 2.57. The number of rotatable bonds is 2. The molecule has 2 heterocycles. The van der Waals surface area contributed by atoms with Crippen LogP contribution < -0.4 is 15.4 Å². The number of hydrogen-bond donors (Lipinski definition) is 2. The molecule has 1 aromatic carbocycles. The number of nitrogens with zero attached hydrogens (tertiary/aromatic N) is 1. The third kappa shape index (κ3) is 2.66. The summed E-state index contributed by atoms with van der Waals surface area (Å²) in [5, 5.41) is 5.35. The van der Waals surface area contributed by atoms with Crippen LogP contribution in [0.25, 0.3) is 0 Å². The van der Waals surface area contributed by atoms with E-state index in [0.29, 0.717) is 11.4 Å². The topological polar surface area (TPSA) is 63.2 Å². The number of pyridine rings is 1. The molecule has 0 radical (unpaired) electrons. The molecule has 1 fully saturated rings. The summed E-state index contributed by atoms with van der Waals surface area (Å²) in [5.41, 5.74) is 0.795. The first-order chi connectivity index (χ1) is 12.1. The van der Waals surface area contributed by atoms with Gasteiger partial charge in [0, 0.05) is 35.2 Å². The molecule has 1 aliphatic carbocycles. The molecular formula is C18H13F2N3O2. The van der Waals surface area contributed by atoms with Gasteiger partial charge in [0.1, 0.15) is 11.6 Å². The van der Waals surface area contributed by atoms with Gasteiger partial charge in [-0.05, 0) is 24.3 Å². The first-order valence-electron chi connectivity index (χ1n) is 7.69. The molecule has 25 heavy (non-hydrogen) atoms. The van der Waals surface area contributed by atoms with E-state index in [9.17, 15) is 13.6 Å². The third-order valence-corrected chi connectivity index (χ3v) is 4.49. The highest BCUT2D eigenvalue weighted by Crippen LogP contribution is 2.55. The quantitative estimate of drug-likeness (QED) is 0.826. The molecule has 0 saturated heterocycles. The lowest BCUT2D eigenvalue weighted by molar-refractivity contribution is 0.247. The molecule has 2 aromatic rings. The Labute approximate surface area is 142 Å². The van der Waals surface area contributed by atoms with Crippen molar-refractivity contribution in [1.29, 1.82) is 0 Å². The van der Waals surface area contributed by atoms with E-state index in [4.69, 9.17) is 11.2 Å². The summed E-state index contributed by atoms with van der Waals surface area (Å²) in [6, 6.07) is 4.56. The van der Waals surface area contributed by atoms with Gasteiger partial charge in [0.25, 0.3) is 0 Å². The molecule has 2 amide bonds. The molecule has 1 aromatic heterocycles. The lowest BCUT2D eigenvalue weighted by atomic mass is 10.0. The van der Waals surface area contributed by atoms with E-state index >= 15 is 0 Å². The van der Waals surface area contributed by atoms with E-state index in [2.05, 4.69) is 21.5 Å². The number of urea groups is 1. The van der Waals surface area contributed by atoms with Crippen LogP contribution in [0.15, 0.2) is 30.5 Å². The lowest BCUT2D eigenvalue weighted by Crippen LogP contribution is -2.32. The number of carbonyl (C=O) groups is 1. The van der Waals surface area contributed by atoms with Gasteiger partial charge in [-0.3, -0.25) is 5.32 Å². The van der Waals surface area contributed by atoms with Gasteiger partial charge in [-0.1, -0.05) is 5.92 Å². The minimum absolute atomic E-state index is 0.0579. The summed E-state index contributed by atoms with van der Waals surface area (Å²) >= 11 is 0. The average molecular weight is 341 g/mol. The van der Waals surface area contributed by atoms with Gasteiger partial charge in [0.2, 0.25) is 0 Å². The van der Waals surface area contributed by atoms with Crippen molar-refractivity contribution >= 4 is 11.8 Å². The zero-order valence-corrected chi connectivity index (χ0v) is 12.9. The van der Waals surface area contributed by atoms with Crippen LogP contribution in [0, 0.1) is 29.9 Å². The zero-order valence-electron chi connectivity index (χ0n) is 12.9. The van der Waals surface area contributed by atoms with Crippen LogP contribution >= 0.6 is 0 Å². The van der Waals surface area contributed by atoms with Crippen molar-refractivity contribution in [2.45, 2.75) is 12.0 Å². The summed E-state index contributed by atoms with van der Waals surface area (Å²) in [6.07, 6.45) is 6.71. The molecule has 5 nitrogen and oxygen atoms in total.